The molecule has 0 fully saturated rings. The van der Waals surface area contributed by atoms with Gasteiger partial charge in [0.1, 0.15) is 5.82 Å². The molecule has 24 heavy (non-hydrogen) atoms. The normalized spacial score (nSPS) is 15.1. The van der Waals surface area contributed by atoms with Gasteiger partial charge >= 0.3 is 6.03 Å². The largest absolute Gasteiger partial charge is 0.335 e. The number of aryl methyl sites for hydroxylation is 1. The number of carbonyl (C=O) groups excluding carboxylic acids is 1. The molecule has 1 aliphatic rings. The number of hydrogen-bond donors (Lipinski definition) is 2. The Bertz CT molecular complexity index is 684. The monoisotopic (exact) mass is 331 g/mol. The minimum Gasteiger partial charge on any atom is -0.335 e. The van der Waals surface area contributed by atoms with Crippen LogP contribution in [0, 0.1) is 5.41 Å². The summed E-state index contributed by atoms with van der Waals surface area (Å²) in [6.07, 6.45) is 7.47. The second kappa shape index (κ2) is 6.62. The summed E-state index contributed by atoms with van der Waals surface area (Å²) in [7, 11) is 0. The molecule has 1 atom stereocenters. The molecule has 3 heterocycles. The Morgan fingerprint density at radius 1 is 1.38 bits per heavy atom. The van der Waals surface area contributed by atoms with E-state index in [9.17, 15) is 4.79 Å². The first kappa shape index (κ1) is 16.5. The van der Waals surface area contributed by atoms with Crippen LogP contribution in [0.2, 0.25) is 0 Å². The molecule has 2 aromatic rings. The Kier molecular flexibility index (Phi) is 4.55. The van der Waals surface area contributed by atoms with Gasteiger partial charge in [0.25, 0.3) is 0 Å². The van der Waals surface area contributed by atoms with Gasteiger partial charge in [-0.3, -0.25) is 0 Å². The van der Waals surface area contributed by atoms with Crippen LogP contribution < -0.4 is 10.6 Å². The van der Waals surface area contributed by atoms with E-state index in [-0.39, 0.29) is 17.5 Å². The van der Waals surface area contributed by atoms with Crippen molar-refractivity contribution in [3.8, 4) is 0 Å². The van der Waals surface area contributed by atoms with Crippen LogP contribution in [-0.4, -0.2) is 36.4 Å². The van der Waals surface area contributed by atoms with E-state index in [2.05, 4.69) is 51.2 Å². The van der Waals surface area contributed by atoms with Gasteiger partial charge in [0.05, 0.1) is 18.9 Å². The van der Waals surface area contributed by atoms with E-state index in [4.69, 9.17) is 0 Å². The van der Waals surface area contributed by atoms with Gasteiger partial charge < -0.3 is 19.8 Å². The van der Waals surface area contributed by atoms with E-state index in [1.165, 1.54) is 0 Å². The standard InChI is InChI=1S/C16H25N7O/c1-16(2,3)12(10-22-8-6-17-11-22)19-15(24)18-9-14-21-20-13-5-4-7-23(13)14/h6,8,11-12H,4-5,7,9-10H2,1-3H3,(H2,18,19,24)/t12-/m1/s1. The van der Waals surface area contributed by atoms with Crippen LogP contribution >= 0.6 is 0 Å². The highest BCUT2D eigenvalue weighted by Gasteiger charge is 2.27. The van der Waals surface area contributed by atoms with Crippen LogP contribution in [0.15, 0.2) is 18.7 Å². The van der Waals surface area contributed by atoms with E-state index in [0.717, 1.165) is 31.0 Å². The molecular formula is C16H25N7O. The van der Waals surface area contributed by atoms with Gasteiger partial charge in [-0.15, -0.1) is 10.2 Å². The zero-order chi connectivity index (χ0) is 17.2. The number of aromatic nitrogens is 5. The van der Waals surface area contributed by atoms with E-state index in [1.54, 1.807) is 12.5 Å². The smallest absolute Gasteiger partial charge is 0.315 e. The summed E-state index contributed by atoms with van der Waals surface area (Å²) in [5.41, 5.74) is -0.0717. The number of amides is 2. The van der Waals surface area contributed by atoms with Gasteiger partial charge in [-0.2, -0.15) is 0 Å². The van der Waals surface area contributed by atoms with Crippen LogP contribution in [-0.2, 0) is 26.1 Å². The maximum atomic E-state index is 12.3. The Hall–Kier alpha value is -2.38. The third-order valence-electron chi connectivity index (χ3n) is 4.40. The van der Waals surface area contributed by atoms with Crippen molar-refractivity contribution in [1.82, 2.24) is 34.9 Å². The molecule has 2 amide bonds. The Labute approximate surface area is 141 Å². The van der Waals surface area contributed by atoms with Crippen molar-refractivity contribution < 1.29 is 4.79 Å². The minimum absolute atomic E-state index is 0.0178. The van der Waals surface area contributed by atoms with Crippen molar-refractivity contribution in [2.45, 2.75) is 59.3 Å². The van der Waals surface area contributed by atoms with Gasteiger partial charge in [0, 0.05) is 31.9 Å². The van der Waals surface area contributed by atoms with Gasteiger partial charge in [-0.1, -0.05) is 20.8 Å². The maximum Gasteiger partial charge on any atom is 0.315 e. The van der Waals surface area contributed by atoms with Crippen LogP contribution in [0.5, 0.6) is 0 Å². The molecule has 0 aliphatic carbocycles. The summed E-state index contributed by atoms with van der Waals surface area (Å²) >= 11 is 0. The van der Waals surface area contributed by atoms with Crippen LogP contribution in [0.1, 0.15) is 38.8 Å². The predicted molar refractivity (Wildman–Crippen MR) is 89.2 cm³/mol. The molecule has 130 valence electrons. The van der Waals surface area contributed by atoms with Crippen molar-refractivity contribution in [3.63, 3.8) is 0 Å². The quantitative estimate of drug-likeness (QED) is 0.865. The summed E-state index contributed by atoms with van der Waals surface area (Å²) in [4.78, 5) is 16.4. The summed E-state index contributed by atoms with van der Waals surface area (Å²) in [6, 6.07) is -0.207. The fourth-order valence-corrected chi connectivity index (χ4v) is 2.85. The average molecular weight is 331 g/mol. The SMILES string of the molecule is CC(C)(C)[C@@H](Cn1ccnc1)NC(=O)NCc1nnc2n1CCC2. The molecule has 3 rings (SSSR count). The van der Waals surface area contributed by atoms with E-state index < -0.39 is 0 Å². The molecule has 0 saturated heterocycles. The molecule has 8 nitrogen and oxygen atoms in total. The highest BCUT2D eigenvalue weighted by molar-refractivity contribution is 5.74. The average Bonchev–Trinajstić information content (AvgIpc) is 3.22. The van der Waals surface area contributed by atoms with Gasteiger partial charge in [-0.25, -0.2) is 9.78 Å². The lowest BCUT2D eigenvalue weighted by atomic mass is 9.86. The molecule has 8 heteroatoms. The zero-order valence-corrected chi connectivity index (χ0v) is 14.5. The van der Waals surface area contributed by atoms with Crippen molar-refractivity contribution in [3.05, 3.63) is 30.4 Å². The number of nitrogens with zero attached hydrogens (tertiary/aromatic N) is 5. The topological polar surface area (TPSA) is 89.7 Å². The second-order valence-corrected chi connectivity index (χ2v) is 7.29. The fraction of sp³-hybridized carbons (Fsp3) is 0.625. The third kappa shape index (κ3) is 3.74. The third-order valence-corrected chi connectivity index (χ3v) is 4.40. The lowest BCUT2D eigenvalue weighted by Gasteiger charge is -2.31. The van der Waals surface area contributed by atoms with Crippen LogP contribution in [0.25, 0.3) is 0 Å². The number of carbonyl (C=O) groups is 1. The molecule has 0 radical (unpaired) electrons. The molecule has 0 spiro atoms. The van der Waals surface area contributed by atoms with Gasteiger partial charge in [-0.05, 0) is 11.8 Å². The molecule has 1 aliphatic heterocycles. The maximum absolute atomic E-state index is 12.3. The van der Waals surface area contributed by atoms with Crippen molar-refractivity contribution in [2.24, 2.45) is 5.41 Å². The number of imidazole rings is 1. The Morgan fingerprint density at radius 3 is 2.92 bits per heavy atom. The van der Waals surface area contributed by atoms with E-state index in [0.29, 0.717) is 13.1 Å². The summed E-state index contributed by atoms with van der Waals surface area (Å²) < 4.78 is 4.06. The first-order chi connectivity index (χ1) is 11.4. The zero-order valence-electron chi connectivity index (χ0n) is 14.5. The molecule has 0 bridgehead atoms. The van der Waals surface area contributed by atoms with Crippen LogP contribution in [0.4, 0.5) is 4.79 Å². The summed E-state index contributed by atoms with van der Waals surface area (Å²) in [6.45, 7) is 8.34. The lowest BCUT2D eigenvalue weighted by molar-refractivity contribution is 0.208. The molecular weight excluding hydrogens is 306 g/mol. The van der Waals surface area contributed by atoms with E-state index >= 15 is 0 Å². The second-order valence-electron chi connectivity index (χ2n) is 7.29. The van der Waals surface area contributed by atoms with Crippen molar-refractivity contribution in [1.29, 1.82) is 0 Å². The number of nitrogens with one attached hydrogen (secondary N) is 2. The van der Waals surface area contributed by atoms with Gasteiger partial charge in [0.2, 0.25) is 0 Å². The number of urea groups is 1. The molecule has 0 aromatic carbocycles. The highest BCUT2D eigenvalue weighted by Crippen LogP contribution is 2.20. The number of fused-ring (bicyclic) bond motifs is 1. The number of hydrogen-bond acceptors (Lipinski definition) is 4. The molecule has 2 aromatic heterocycles. The Morgan fingerprint density at radius 2 is 2.21 bits per heavy atom. The van der Waals surface area contributed by atoms with Crippen molar-refractivity contribution >= 4 is 6.03 Å². The van der Waals surface area contributed by atoms with E-state index in [1.807, 2.05) is 10.8 Å². The highest BCUT2D eigenvalue weighted by atomic mass is 16.2. The summed E-state index contributed by atoms with van der Waals surface area (Å²) in [5.74, 6) is 1.83. The van der Waals surface area contributed by atoms with Gasteiger partial charge in [0.15, 0.2) is 5.82 Å². The Balaban J connectivity index is 1.57. The number of rotatable bonds is 5. The van der Waals surface area contributed by atoms with Crippen molar-refractivity contribution in [2.75, 3.05) is 0 Å². The predicted octanol–water partition coefficient (Wildman–Crippen LogP) is 1.33. The fourth-order valence-electron chi connectivity index (χ4n) is 2.85. The molecule has 2 N–H and O–H groups in total. The lowest BCUT2D eigenvalue weighted by Crippen LogP contribution is -2.49. The van der Waals surface area contributed by atoms with Crippen LogP contribution in [0.3, 0.4) is 0 Å². The first-order valence-corrected chi connectivity index (χ1v) is 8.34. The summed E-state index contributed by atoms with van der Waals surface area (Å²) in [5, 5.41) is 14.3. The molecule has 0 unspecified atom stereocenters. The molecule has 0 saturated carbocycles. The minimum atomic E-state index is -0.189. The first-order valence-electron chi connectivity index (χ1n) is 8.34.